The first-order valence-corrected chi connectivity index (χ1v) is 9.95. The number of fused-ring (bicyclic) bond motifs is 1. The zero-order valence-electron chi connectivity index (χ0n) is 16.4. The number of anilines is 1. The Labute approximate surface area is 170 Å². The van der Waals surface area contributed by atoms with Crippen molar-refractivity contribution in [3.05, 3.63) is 71.8 Å². The lowest BCUT2D eigenvalue weighted by Gasteiger charge is -2.14. The van der Waals surface area contributed by atoms with E-state index in [4.69, 9.17) is 15.6 Å². The van der Waals surface area contributed by atoms with Gasteiger partial charge in [0.15, 0.2) is 0 Å². The Morgan fingerprint density at radius 2 is 1.72 bits per heavy atom. The average molecular weight is 393 g/mol. The smallest absolute Gasteiger partial charge is 0.339 e. The van der Waals surface area contributed by atoms with Gasteiger partial charge < -0.3 is 20.7 Å². The summed E-state index contributed by atoms with van der Waals surface area (Å²) in [4.78, 5) is 11.2. The number of aliphatic hydroxyl groups excluding tert-OH is 1. The second-order valence-electron chi connectivity index (χ2n) is 7.28. The van der Waals surface area contributed by atoms with E-state index in [1.54, 1.807) is 6.07 Å². The van der Waals surface area contributed by atoms with E-state index in [0.717, 1.165) is 29.2 Å². The maximum absolute atomic E-state index is 11.2. The Hall–Kier alpha value is -3.05. The molecular weight excluding hydrogens is 366 g/mol. The van der Waals surface area contributed by atoms with Gasteiger partial charge in [-0.1, -0.05) is 61.7 Å². The fraction of sp³-hybridized carbons (Fsp3) is 0.292. The van der Waals surface area contributed by atoms with Gasteiger partial charge in [0.1, 0.15) is 17.9 Å². The highest BCUT2D eigenvalue weighted by atomic mass is 16.5. The first-order valence-electron chi connectivity index (χ1n) is 9.95. The van der Waals surface area contributed by atoms with E-state index >= 15 is 0 Å². The summed E-state index contributed by atoms with van der Waals surface area (Å²) >= 11 is 0. The third-order valence-electron chi connectivity index (χ3n) is 5.07. The third-order valence-corrected chi connectivity index (χ3v) is 5.07. The Bertz CT molecular complexity index is 959. The number of hydrogen-bond donors (Lipinski definition) is 3. The van der Waals surface area contributed by atoms with Crippen molar-refractivity contribution in [3.63, 3.8) is 0 Å². The molecule has 0 unspecified atom stereocenters. The quantitative estimate of drug-likeness (QED) is 0.542. The normalized spacial score (nSPS) is 14.1. The Kier molecular flexibility index (Phi) is 7.09. The predicted molar refractivity (Wildman–Crippen MR) is 115 cm³/mol. The standard InChI is InChI=1S/C18H15NO3.C6H12O/c19-14-8-9-16(18(20)21)17(10-14)22-11-13-6-3-5-12-4-1-2-7-15(12)13;7-6-4-2-1-3-5-6/h1-10H,11,19H2,(H,20,21);6-7H,1-5H2. The van der Waals surface area contributed by atoms with Gasteiger partial charge in [-0.2, -0.15) is 0 Å². The van der Waals surface area contributed by atoms with Crippen LogP contribution in [0.5, 0.6) is 5.75 Å². The molecule has 0 radical (unpaired) electrons. The Morgan fingerprint density at radius 3 is 2.41 bits per heavy atom. The molecule has 3 aromatic rings. The van der Waals surface area contributed by atoms with Crippen molar-refractivity contribution in [1.82, 2.24) is 0 Å². The van der Waals surface area contributed by atoms with Gasteiger partial charge in [0.2, 0.25) is 0 Å². The summed E-state index contributed by atoms with van der Waals surface area (Å²) < 4.78 is 5.71. The zero-order chi connectivity index (χ0) is 20.6. The van der Waals surface area contributed by atoms with E-state index in [1.165, 1.54) is 31.4 Å². The van der Waals surface area contributed by atoms with Gasteiger partial charge in [-0.25, -0.2) is 4.79 Å². The molecule has 0 heterocycles. The summed E-state index contributed by atoms with van der Waals surface area (Å²) in [5, 5.41) is 20.3. The molecule has 0 atom stereocenters. The Morgan fingerprint density at radius 1 is 1.00 bits per heavy atom. The highest BCUT2D eigenvalue weighted by molar-refractivity contribution is 5.91. The van der Waals surface area contributed by atoms with E-state index < -0.39 is 5.97 Å². The maximum Gasteiger partial charge on any atom is 0.339 e. The highest BCUT2D eigenvalue weighted by Gasteiger charge is 2.12. The van der Waals surface area contributed by atoms with Gasteiger partial charge >= 0.3 is 5.97 Å². The monoisotopic (exact) mass is 393 g/mol. The van der Waals surface area contributed by atoms with Crippen molar-refractivity contribution >= 4 is 22.4 Å². The molecule has 1 aliphatic rings. The van der Waals surface area contributed by atoms with Crippen LogP contribution in [0.4, 0.5) is 5.69 Å². The maximum atomic E-state index is 11.2. The summed E-state index contributed by atoms with van der Waals surface area (Å²) in [6, 6.07) is 18.5. The van der Waals surface area contributed by atoms with Gasteiger partial charge in [0.05, 0.1) is 6.10 Å². The molecular formula is C24H27NO4. The molecule has 0 bridgehead atoms. The summed E-state index contributed by atoms with van der Waals surface area (Å²) in [5.74, 6) is -0.756. The topological polar surface area (TPSA) is 92.8 Å². The molecule has 4 N–H and O–H groups in total. The second-order valence-corrected chi connectivity index (χ2v) is 7.28. The fourth-order valence-electron chi connectivity index (χ4n) is 3.49. The number of aromatic carboxylic acids is 1. The van der Waals surface area contributed by atoms with Crippen LogP contribution < -0.4 is 10.5 Å². The van der Waals surface area contributed by atoms with Crippen molar-refractivity contribution in [2.24, 2.45) is 0 Å². The van der Waals surface area contributed by atoms with Gasteiger partial charge in [0.25, 0.3) is 0 Å². The van der Waals surface area contributed by atoms with Gasteiger partial charge in [-0.05, 0) is 41.3 Å². The minimum absolute atomic E-state index is 0.0359. The van der Waals surface area contributed by atoms with Crippen molar-refractivity contribution < 1.29 is 19.7 Å². The lowest BCUT2D eigenvalue weighted by molar-refractivity contribution is 0.0692. The molecule has 0 spiro atoms. The van der Waals surface area contributed by atoms with E-state index in [-0.39, 0.29) is 24.0 Å². The predicted octanol–water partition coefficient (Wildman–Crippen LogP) is 5.01. The number of nitrogens with two attached hydrogens (primary N) is 1. The van der Waals surface area contributed by atoms with Crippen LogP contribution in [0.3, 0.4) is 0 Å². The number of carboxylic acid groups (broad SMARTS) is 1. The summed E-state index contributed by atoms with van der Waals surface area (Å²) in [5.41, 5.74) is 7.29. The van der Waals surface area contributed by atoms with Crippen molar-refractivity contribution in [3.8, 4) is 5.75 Å². The minimum atomic E-state index is -1.03. The lowest BCUT2D eigenvalue weighted by atomic mass is 9.98. The SMILES string of the molecule is Nc1ccc(C(=O)O)c(OCc2cccc3ccccc23)c1.OC1CCCCC1. The van der Waals surface area contributed by atoms with Gasteiger partial charge in [0, 0.05) is 11.8 Å². The number of nitrogen functional groups attached to an aromatic ring is 1. The molecule has 1 aliphatic carbocycles. The number of benzene rings is 3. The van der Waals surface area contributed by atoms with Crippen LogP contribution >= 0.6 is 0 Å². The first-order chi connectivity index (χ1) is 14.0. The fourth-order valence-corrected chi connectivity index (χ4v) is 3.49. The van der Waals surface area contributed by atoms with Crippen LogP contribution in [0.1, 0.15) is 48.0 Å². The molecule has 4 rings (SSSR count). The average Bonchev–Trinajstić information content (AvgIpc) is 2.73. The van der Waals surface area contributed by atoms with E-state index in [0.29, 0.717) is 5.69 Å². The molecule has 0 saturated heterocycles. The van der Waals surface area contributed by atoms with Crippen LogP contribution in [0, 0.1) is 0 Å². The molecule has 5 heteroatoms. The number of rotatable bonds is 4. The molecule has 0 amide bonds. The molecule has 1 fully saturated rings. The van der Waals surface area contributed by atoms with Crippen molar-refractivity contribution in [1.29, 1.82) is 0 Å². The molecule has 0 aromatic heterocycles. The van der Waals surface area contributed by atoms with Gasteiger partial charge in [-0.3, -0.25) is 0 Å². The number of carbonyl (C=O) groups is 1. The van der Waals surface area contributed by atoms with Crippen LogP contribution in [0.2, 0.25) is 0 Å². The van der Waals surface area contributed by atoms with Crippen LogP contribution in [0.25, 0.3) is 10.8 Å². The van der Waals surface area contributed by atoms with Crippen LogP contribution in [-0.4, -0.2) is 22.3 Å². The summed E-state index contributed by atoms with van der Waals surface area (Å²) in [6.07, 6.45) is 5.92. The third kappa shape index (κ3) is 5.72. The largest absolute Gasteiger partial charge is 0.488 e. The van der Waals surface area contributed by atoms with Crippen molar-refractivity contribution in [2.75, 3.05) is 5.73 Å². The second kappa shape index (κ2) is 9.94. The molecule has 29 heavy (non-hydrogen) atoms. The molecule has 1 saturated carbocycles. The number of hydrogen-bond acceptors (Lipinski definition) is 4. The molecule has 5 nitrogen and oxygen atoms in total. The van der Waals surface area contributed by atoms with Crippen LogP contribution in [0.15, 0.2) is 60.7 Å². The van der Waals surface area contributed by atoms with E-state index in [9.17, 15) is 9.90 Å². The van der Waals surface area contributed by atoms with Gasteiger partial charge in [-0.15, -0.1) is 0 Å². The number of ether oxygens (including phenoxy) is 1. The highest BCUT2D eigenvalue weighted by Crippen LogP contribution is 2.25. The molecule has 3 aromatic carbocycles. The summed E-state index contributed by atoms with van der Waals surface area (Å²) in [7, 11) is 0. The molecule has 152 valence electrons. The minimum Gasteiger partial charge on any atom is -0.488 e. The van der Waals surface area contributed by atoms with E-state index in [2.05, 4.69) is 0 Å². The first kappa shape index (κ1) is 20.7. The Balaban J connectivity index is 0.000000290. The van der Waals surface area contributed by atoms with Crippen molar-refractivity contribution in [2.45, 2.75) is 44.8 Å². The zero-order valence-corrected chi connectivity index (χ0v) is 16.4. The molecule has 0 aliphatic heterocycles. The van der Waals surface area contributed by atoms with E-state index in [1.807, 2.05) is 42.5 Å². The summed E-state index contributed by atoms with van der Waals surface area (Å²) in [6.45, 7) is 0.283. The number of carboxylic acids is 1. The van der Waals surface area contributed by atoms with Crippen LogP contribution in [-0.2, 0) is 6.61 Å². The lowest BCUT2D eigenvalue weighted by Crippen LogP contribution is -2.09. The number of aliphatic hydroxyl groups is 1.